The fourth-order valence-electron chi connectivity index (χ4n) is 3.64. The van der Waals surface area contributed by atoms with Crippen molar-refractivity contribution in [3.8, 4) is 0 Å². The Kier molecular flexibility index (Phi) is 4.62. The molecule has 4 heteroatoms. The number of aryl methyl sites for hydroxylation is 1. The molecule has 0 aromatic heterocycles. The van der Waals surface area contributed by atoms with Crippen LogP contribution >= 0.6 is 11.8 Å². The summed E-state index contributed by atoms with van der Waals surface area (Å²) in [5.41, 5.74) is 10.4. The minimum Gasteiger partial charge on any atom is -0.398 e. The zero-order valence-corrected chi connectivity index (χ0v) is 17.8. The van der Waals surface area contributed by atoms with Crippen LogP contribution in [0.1, 0.15) is 63.7 Å². The number of carbonyl (C=O) groups is 2. The lowest BCUT2D eigenvalue weighted by atomic mass is 9.82. The zero-order chi connectivity index (χ0) is 20.9. The number of hydrogen-bond acceptors (Lipinski definition) is 4. The summed E-state index contributed by atoms with van der Waals surface area (Å²) in [4.78, 5) is 28.2. The minimum atomic E-state index is -0.179. The van der Waals surface area contributed by atoms with E-state index in [2.05, 4.69) is 45.0 Å². The Bertz CT molecular complexity index is 1150. The summed E-state index contributed by atoms with van der Waals surface area (Å²) in [5.74, 6) is -0.322. The number of ketones is 2. The van der Waals surface area contributed by atoms with E-state index in [1.54, 1.807) is 24.3 Å². The zero-order valence-electron chi connectivity index (χ0n) is 17.0. The van der Waals surface area contributed by atoms with Crippen LogP contribution in [0.3, 0.4) is 0 Å². The average molecular weight is 402 g/mol. The Morgan fingerprint density at radius 2 is 1.38 bits per heavy atom. The third kappa shape index (κ3) is 3.28. The van der Waals surface area contributed by atoms with E-state index in [0.717, 1.165) is 15.4 Å². The molecular weight excluding hydrogens is 378 g/mol. The first-order valence-electron chi connectivity index (χ1n) is 9.58. The van der Waals surface area contributed by atoms with Crippen molar-refractivity contribution in [1.82, 2.24) is 0 Å². The van der Waals surface area contributed by atoms with Crippen LogP contribution in [-0.2, 0) is 5.41 Å². The van der Waals surface area contributed by atoms with Gasteiger partial charge >= 0.3 is 0 Å². The van der Waals surface area contributed by atoms with E-state index in [9.17, 15) is 9.59 Å². The summed E-state index contributed by atoms with van der Waals surface area (Å²) in [6.45, 7) is 8.41. The third-order valence-electron chi connectivity index (χ3n) is 5.36. The first kappa shape index (κ1) is 19.5. The predicted molar refractivity (Wildman–Crippen MR) is 118 cm³/mol. The molecule has 0 saturated heterocycles. The summed E-state index contributed by atoms with van der Waals surface area (Å²) in [7, 11) is 0. The fourth-order valence-corrected chi connectivity index (χ4v) is 4.70. The van der Waals surface area contributed by atoms with Gasteiger partial charge in [-0.15, -0.1) is 0 Å². The summed E-state index contributed by atoms with van der Waals surface area (Å²) >= 11 is 1.50. The molecule has 0 saturated carbocycles. The molecular formula is C25H23NO2S. The molecule has 1 aliphatic carbocycles. The van der Waals surface area contributed by atoms with Crippen molar-refractivity contribution < 1.29 is 9.59 Å². The summed E-state index contributed by atoms with van der Waals surface area (Å²) in [6, 6.07) is 17.2. The van der Waals surface area contributed by atoms with Crippen molar-refractivity contribution in [2.75, 3.05) is 5.73 Å². The van der Waals surface area contributed by atoms with Crippen molar-refractivity contribution in [3.05, 3.63) is 88.0 Å². The molecule has 3 aromatic rings. The molecule has 0 unspecified atom stereocenters. The van der Waals surface area contributed by atoms with Crippen molar-refractivity contribution in [2.24, 2.45) is 0 Å². The third-order valence-corrected chi connectivity index (χ3v) is 6.41. The second-order valence-electron chi connectivity index (χ2n) is 8.44. The van der Waals surface area contributed by atoms with Crippen molar-refractivity contribution in [2.45, 2.75) is 42.9 Å². The van der Waals surface area contributed by atoms with E-state index in [4.69, 9.17) is 5.73 Å². The smallest absolute Gasteiger partial charge is 0.196 e. The molecule has 0 bridgehead atoms. The quantitative estimate of drug-likeness (QED) is 0.431. The Hall–Kier alpha value is -2.85. The highest BCUT2D eigenvalue weighted by molar-refractivity contribution is 7.99. The van der Waals surface area contributed by atoms with E-state index in [-0.39, 0.29) is 17.0 Å². The van der Waals surface area contributed by atoms with Crippen LogP contribution in [0.25, 0.3) is 0 Å². The number of nitrogens with two attached hydrogens (primary N) is 1. The molecule has 0 radical (unpaired) electrons. The van der Waals surface area contributed by atoms with Crippen molar-refractivity contribution in [1.29, 1.82) is 0 Å². The van der Waals surface area contributed by atoms with Gasteiger partial charge in [0.2, 0.25) is 0 Å². The molecule has 0 heterocycles. The number of hydrogen-bond donors (Lipinski definition) is 1. The first-order valence-corrected chi connectivity index (χ1v) is 10.4. The van der Waals surface area contributed by atoms with Crippen LogP contribution in [-0.4, -0.2) is 11.6 Å². The van der Waals surface area contributed by atoms with Crippen LogP contribution in [0.5, 0.6) is 0 Å². The number of rotatable bonds is 2. The van der Waals surface area contributed by atoms with Gasteiger partial charge in [0.05, 0.1) is 5.56 Å². The number of benzene rings is 3. The SMILES string of the molecule is Cc1cc(Sc2ccc(C(C)(C)C)cc2)c2c(c1N)C(=O)c1ccccc1C2=O. The maximum Gasteiger partial charge on any atom is 0.196 e. The summed E-state index contributed by atoms with van der Waals surface area (Å²) < 4.78 is 0. The van der Waals surface area contributed by atoms with Gasteiger partial charge in [-0.25, -0.2) is 0 Å². The Morgan fingerprint density at radius 3 is 1.93 bits per heavy atom. The second-order valence-corrected chi connectivity index (χ2v) is 9.55. The Balaban J connectivity index is 1.83. The summed E-state index contributed by atoms with van der Waals surface area (Å²) in [6.07, 6.45) is 0. The van der Waals surface area contributed by atoms with E-state index < -0.39 is 0 Å². The van der Waals surface area contributed by atoms with Gasteiger partial charge in [-0.1, -0.05) is 68.9 Å². The summed E-state index contributed by atoms with van der Waals surface area (Å²) in [5, 5.41) is 0. The van der Waals surface area contributed by atoms with Gasteiger partial charge in [0, 0.05) is 32.2 Å². The van der Waals surface area contributed by atoms with Gasteiger partial charge in [-0.3, -0.25) is 9.59 Å². The molecule has 0 spiro atoms. The van der Waals surface area contributed by atoms with Crippen LogP contribution in [0.4, 0.5) is 5.69 Å². The largest absolute Gasteiger partial charge is 0.398 e. The molecule has 1 aliphatic rings. The molecule has 29 heavy (non-hydrogen) atoms. The molecule has 4 rings (SSSR count). The number of carbonyl (C=O) groups excluding carboxylic acids is 2. The number of nitrogen functional groups attached to an aromatic ring is 1. The van der Waals surface area contributed by atoms with Crippen LogP contribution in [0, 0.1) is 6.92 Å². The molecule has 3 nitrogen and oxygen atoms in total. The highest BCUT2D eigenvalue weighted by Gasteiger charge is 2.34. The average Bonchev–Trinajstić information content (AvgIpc) is 2.68. The van der Waals surface area contributed by atoms with Crippen molar-refractivity contribution >= 4 is 29.0 Å². The predicted octanol–water partition coefficient (Wildman–Crippen LogP) is 5.80. The van der Waals surface area contributed by atoms with Gasteiger partial charge in [-0.2, -0.15) is 0 Å². The number of fused-ring (bicyclic) bond motifs is 2. The fraction of sp³-hybridized carbons (Fsp3) is 0.200. The van der Waals surface area contributed by atoms with E-state index in [0.29, 0.717) is 27.9 Å². The molecule has 0 fully saturated rings. The Morgan fingerprint density at radius 1 is 0.828 bits per heavy atom. The normalized spacial score (nSPS) is 13.2. The molecule has 2 N–H and O–H groups in total. The minimum absolute atomic E-state index is 0.0756. The lowest BCUT2D eigenvalue weighted by molar-refractivity contribution is 0.0977. The topological polar surface area (TPSA) is 60.2 Å². The standard InChI is InChI=1S/C25H23NO2S/c1-14-13-19(29-16-11-9-15(10-12-16)25(2,3)4)20-21(22(14)26)24(28)18-8-6-5-7-17(18)23(20)27/h5-13H,26H2,1-4H3. The second kappa shape index (κ2) is 6.89. The van der Waals surface area contributed by atoms with Gasteiger partial charge in [0.25, 0.3) is 0 Å². The maximum absolute atomic E-state index is 13.3. The number of anilines is 1. The van der Waals surface area contributed by atoms with E-state index in [1.807, 2.05) is 13.0 Å². The van der Waals surface area contributed by atoms with Crippen LogP contribution in [0.2, 0.25) is 0 Å². The highest BCUT2D eigenvalue weighted by Crippen LogP contribution is 2.41. The Labute approximate surface area is 175 Å². The van der Waals surface area contributed by atoms with Gasteiger partial charge in [-0.05, 0) is 41.7 Å². The van der Waals surface area contributed by atoms with Gasteiger partial charge in [0.1, 0.15) is 0 Å². The molecule has 0 amide bonds. The van der Waals surface area contributed by atoms with Crippen LogP contribution in [0.15, 0.2) is 64.4 Å². The van der Waals surface area contributed by atoms with E-state index >= 15 is 0 Å². The van der Waals surface area contributed by atoms with E-state index in [1.165, 1.54) is 17.3 Å². The van der Waals surface area contributed by atoms with Gasteiger partial charge < -0.3 is 5.73 Å². The monoisotopic (exact) mass is 401 g/mol. The lowest BCUT2D eigenvalue weighted by Crippen LogP contribution is -2.23. The molecule has 3 aromatic carbocycles. The maximum atomic E-state index is 13.3. The van der Waals surface area contributed by atoms with Crippen molar-refractivity contribution in [3.63, 3.8) is 0 Å². The molecule has 0 aliphatic heterocycles. The molecule has 0 atom stereocenters. The molecule has 146 valence electrons. The van der Waals surface area contributed by atoms with Gasteiger partial charge in [0.15, 0.2) is 11.6 Å². The lowest BCUT2D eigenvalue weighted by Gasteiger charge is -2.23. The first-order chi connectivity index (χ1) is 13.7. The van der Waals surface area contributed by atoms with Crippen LogP contribution < -0.4 is 5.73 Å². The highest BCUT2D eigenvalue weighted by atomic mass is 32.2.